The lowest BCUT2D eigenvalue weighted by Gasteiger charge is -2.11. The molecule has 2 heterocycles. The van der Waals surface area contributed by atoms with Crippen molar-refractivity contribution in [1.29, 1.82) is 5.26 Å². The minimum absolute atomic E-state index is 0.194. The zero-order chi connectivity index (χ0) is 24.9. The molecule has 0 aliphatic rings. The first-order valence-electron chi connectivity index (χ1n) is 11.3. The molecule has 0 spiro atoms. The van der Waals surface area contributed by atoms with Crippen molar-refractivity contribution in [2.45, 2.75) is 6.92 Å². The summed E-state index contributed by atoms with van der Waals surface area (Å²) < 4.78 is 0. The highest BCUT2D eigenvalue weighted by Crippen LogP contribution is 2.26. The van der Waals surface area contributed by atoms with Crippen molar-refractivity contribution in [1.82, 2.24) is 9.97 Å². The maximum absolute atomic E-state index is 12.7. The Morgan fingerprint density at radius 3 is 2.19 bits per heavy atom. The van der Waals surface area contributed by atoms with Crippen LogP contribution in [-0.4, -0.2) is 15.9 Å². The molecule has 7 nitrogen and oxygen atoms in total. The molecule has 3 aromatic carbocycles. The summed E-state index contributed by atoms with van der Waals surface area (Å²) in [4.78, 5) is 21.3. The molecular weight excluding hydrogens is 448 g/mol. The van der Waals surface area contributed by atoms with Gasteiger partial charge in [0.25, 0.3) is 5.91 Å². The van der Waals surface area contributed by atoms with Crippen LogP contribution in [0.5, 0.6) is 0 Å². The number of fused-ring (bicyclic) bond motifs is 1. The fourth-order valence-corrected chi connectivity index (χ4v) is 3.82. The second kappa shape index (κ2) is 9.95. The summed E-state index contributed by atoms with van der Waals surface area (Å²) in [7, 11) is 0. The van der Waals surface area contributed by atoms with Gasteiger partial charge in [-0.15, -0.1) is 0 Å². The van der Waals surface area contributed by atoms with E-state index in [4.69, 9.17) is 0 Å². The largest absolute Gasteiger partial charge is 0.355 e. The minimum Gasteiger partial charge on any atom is -0.355 e. The lowest BCUT2D eigenvalue weighted by Crippen LogP contribution is -2.11. The highest BCUT2D eigenvalue weighted by atomic mass is 16.1. The maximum atomic E-state index is 12.7. The predicted octanol–water partition coefficient (Wildman–Crippen LogP) is 6.55. The number of carbonyl (C=O) groups excluding carboxylic acids is 1. The highest BCUT2D eigenvalue weighted by molar-refractivity contribution is 6.04. The number of hydrogen-bond donors (Lipinski definition) is 3. The number of nitrogens with zero attached hydrogens (tertiary/aromatic N) is 3. The van der Waals surface area contributed by atoms with Crippen molar-refractivity contribution < 1.29 is 4.79 Å². The summed E-state index contributed by atoms with van der Waals surface area (Å²) in [6.07, 6.45) is 3.48. The molecule has 0 aliphatic heterocycles. The average Bonchev–Trinajstić information content (AvgIpc) is 2.90. The third-order valence-corrected chi connectivity index (χ3v) is 5.62. The van der Waals surface area contributed by atoms with Crippen LogP contribution < -0.4 is 16.0 Å². The molecule has 5 aromatic rings. The molecule has 3 N–H and O–H groups in total. The lowest BCUT2D eigenvalue weighted by atomic mass is 10.1. The zero-order valence-corrected chi connectivity index (χ0v) is 19.5. The number of aromatic nitrogens is 2. The SMILES string of the molecule is Cc1cc(Nc2ccc(NC(=O)c3ccc(Nc4ccnc5ccc(C#N)cc45)cc3)cc2)ccn1. The topological polar surface area (TPSA) is 103 Å². The summed E-state index contributed by atoms with van der Waals surface area (Å²) in [6.45, 7) is 1.94. The summed E-state index contributed by atoms with van der Waals surface area (Å²) in [5.74, 6) is -0.194. The van der Waals surface area contributed by atoms with Crippen molar-refractivity contribution in [3.63, 3.8) is 0 Å². The maximum Gasteiger partial charge on any atom is 0.255 e. The van der Waals surface area contributed by atoms with Crippen molar-refractivity contribution in [2.75, 3.05) is 16.0 Å². The number of nitriles is 1. The lowest BCUT2D eigenvalue weighted by molar-refractivity contribution is 0.102. The van der Waals surface area contributed by atoms with Crippen LogP contribution in [0.3, 0.4) is 0 Å². The number of amides is 1. The molecule has 7 heteroatoms. The molecule has 0 saturated carbocycles. The van der Waals surface area contributed by atoms with Crippen LogP contribution in [0, 0.1) is 18.3 Å². The van der Waals surface area contributed by atoms with Gasteiger partial charge in [-0.3, -0.25) is 14.8 Å². The molecule has 0 bridgehead atoms. The molecule has 5 rings (SSSR count). The molecule has 0 fully saturated rings. The third kappa shape index (κ3) is 5.13. The van der Waals surface area contributed by atoms with Crippen molar-refractivity contribution >= 4 is 45.2 Å². The van der Waals surface area contributed by atoms with Gasteiger partial charge >= 0.3 is 0 Å². The van der Waals surface area contributed by atoms with Gasteiger partial charge in [0, 0.05) is 57.5 Å². The first kappa shape index (κ1) is 22.6. The zero-order valence-electron chi connectivity index (χ0n) is 19.5. The first-order chi connectivity index (χ1) is 17.6. The Bertz CT molecular complexity index is 1590. The number of anilines is 5. The van der Waals surface area contributed by atoms with E-state index in [-0.39, 0.29) is 5.91 Å². The van der Waals surface area contributed by atoms with Gasteiger partial charge in [0.05, 0.1) is 17.1 Å². The third-order valence-electron chi connectivity index (χ3n) is 5.62. The van der Waals surface area contributed by atoms with Crippen LogP contribution >= 0.6 is 0 Å². The van der Waals surface area contributed by atoms with E-state index in [0.29, 0.717) is 16.8 Å². The Morgan fingerprint density at radius 1 is 0.750 bits per heavy atom. The summed E-state index contributed by atoms with van der Waals surface area (Å²) in [6, 6.07) is 28.0. The number of hydrogen-bond acceptors (Lipinski definition) is 6. The number of nitrogens with one attached hydrogen (secondary N) is 3. The Hall–Kier alpha value is -5.22. The van der Waals surface area contributed by atoms with E-state index in [9.17, 15) is 10.1 Å². The van der Waals surface area contributed by atoms with Crippen LogP contribution in [0.2, 0.25) is 0 Å². The Kier molecular flexibility index (Phi) is 6.24. The second-order valence-electron chi connectivity index (χ2n) is 8.25. The number of rotatable bonds is 6. The van der Waals surface area contributed by atoms with Crippen molar-refractivity contribution in [3.8, 4) is 6.07 Å². The summed E-state index contributed by atoms with van der Waals surface area (Å²) in [5.41, 5.74) is 7.09. The van der Waals surface area contributed by atoms with Gasteiger partial charge in [0.2, 0.25) is 0 Å². The fourth-order valence-electron chi connectivity index (χ4n) is 3.82. The van der Waals surface area contributed by atoms with Gasteiger partial charge in [0.15, 0.2) is 0 Å². The van der Waals surface area contributed by atoms with Crippen LogP contribution in [-0.2, 0) is 0 Å². The van der Waals surface area contributed by atoms with Gasteiger partial charge in [-0.1, -0.05) is 0 Å². The normalized spacial score (nSPS) is 10.4. The number of benzene rings is 3. The fraction of sp³-hybridized carbons (Fsp3) is 0.0345. The van der Waals surface area contributed by atoms with Gasteiger partial charge in [0.1, 0.15) is 0 Å². The van der Waals surface area contributed by atoms with Gasteiger partial charge < -0.3 is 16.0 Å². The van der Waals surface area contributed by atoms with Crippen LogP contribution in [0.4, 0.5) is 28.4 Å². The van der Waals surface area contributed by atoms with E-state index in [2.05, 4.69) is 32.0 Å². The van der Waals surface area contributed by atoms with Crippen LogP contribution in [0.1, 0.15) is 21.6 Å². The van der Waals surface area contributed by atoms with Crippen molar-refractivity contribution in [3.05, 3.63) is 114 Å². The van der Waals surface area contributed by atoms with Gasteiger partial charge in [-0.2, -0.15) is 5.26 Å². The smallest absolute Gasteiger partial charge is 0.255 e. The quantitative estimate of drug-likeness (QED) is 0.260. The molecule has 174 valence electrons. The number of carbonyl (C=O) groups is 1. The van der Waals surface area contributed by atoms with E-state index < -0.39 is 0 Å². The molecular formula is C29H22N6O. The first-order valence-corrected chi connectivity index (χ1v) is 11.3. The summed E-state index contributed by atoms with van der Waals surface area (Å²) in [5, 5.41) is 19.7. The molecule has 0 aliphatic carbocycles. The Morgan fingerprint density at radius 2 is 1.44 bits per heavy atom. The average molecular weight is 471 g/mol. The molecule has 0 unspecified atom stereocenters. The predicted molar refractivity (Wildman–Crippen MR) is 143 cm³/mol. The number of pyridine rings is 2. The molecule has 2 aromatic heterocycles. The van der Waals surface area contributed by atoms with E-state index in [1.54, 1.807) is 30.6 Å². The minimum atomic E-state index is -0.194. The Balaban J connectivity index is 1.24. The van der Waals surface area contributed by atoms with Gasteiger partial charge in [-0.05, 0) is 91.9 Å². The van der Waals surface area contributed by atoms with Crippen molar-refractivity contribution in [2.24, 2.45) is 0 Å². The Labute approximate surface area is 208 Å². The number of aryl methyl sites for hydroxylation is 1. The van der Waals surface area contributed by atoms with E-state index in [1.165, 1.54) is 0 Å². The van der Waals surface area contributed by atoms with Gasteiger partial charge in [-0.25, -0.2) is 0 Å². The van der Waals surface area contributed by atoms with Crippen LogP contribution in [0.25, 0.3) is 10.9 Å². The summed E-state index contributed by atoms with van der Waals surface area (Å²) >= 11 is 0. The molecule has 0 atom stereocenters. The van der Waals surface area contributed by atoms with E-state index in [0.717, 1.165) is 39.3 Å². The molecule has 1 amide bonds. The van der Waals surface area contributed by atoms with E-state index in [1.807, 2.05) is 73.7 Å². The molecule has 0 saturated heterocycles. The monoisotopic (exact) mass is 470 g/mol. The van der Waals surface area contributed by atoms with E-state index >= 15 is 0 Å². The van der Waals surface area contributed by atoms with Crippen LogP contribution in [0.15, 0.2) is 97.3 Å². The second-order valence-corrected chi connectivity index (χ2v) is 8.25. The molecule has 0 radical (unpaired) electrons. The highest BCUT2D eigenvalue weighted by Gasteiger charge is 2.08. The standard InChI is InChI=1S/C29H22N6O/c1-19-16-25(12-14-31-19)33-22-7-9-24(10-8-22)35-29(36)21-3-5-23(6-4-21)34-28-13-15-32-27-11-2-20(18-30)17-26(27)28/h2-17H,1H3,(H,31,33)(H,32,34)(H,35,36). The molecule has 36 heavy (non-hydrogen) atoms.